The second kappa shape index (κ2) is 7.22. The van der Waals surface area contributed by atoms with Crippen molar-refractivity contribution in [3.63, 3.8) is 0 Å². The van der Waals surface area contributed by atoms with Crippen molar-refractivity contribution < 1.29 is 4.79 Å². The molecule has 22 heavy (non-hydrogen) atoms. The standard InChI is InChI=1S/C15H21N5OS/c1-4-13-17-18-15(22)20(13)9-8-16-14(21)11-6-5-7-12(10-11)19(2)3/h5-7,10H,4,8-9H2,1-3H3,(H,16,21)(H,18,22). The first-order chi connectivity index (χ1) is 10.5. The second-order valence-corrected chi connectivity index (χ2v) is 5.54. The van der Waals surface area contributed by atoms with Crippen molar-refractivity contribution in [1.29, 1.82) is 0 Å². The van der Waals surface area contributed by atoms with Crippen molar-refractivity contribution >= 4 is 23.8 Å². The molecule has 0 fully saturated rings. The summed E-state index contributed by atoms with van der Waals surface area (Å²) in [4.78, 5) is 14.2. The highest BCUT2D eigenvalue weighted by Crippen LogP contribution is 2.13. The topological polar surface area (TPSA) is 66.0 Å². The van der Waals surface area contributed by atoms with E-state index in [0.29, 0.717) is 23.4 Å². The van der Waals surface area contributed by atoms with E-state index in [9.17, 15) is 4.79 Å². The summed E-state index contributed by atoms with van der Waals surface area (Å²) in [5, 5.41) is 9.84. The Balaban J connectivity index is 1.97. The molecule has 0 aliphatic heterocycles. The first-order valence-electron chi connectivity index (χ1n) is 7.22. The molecule has 118 valence electrons. The van der Waals surface area contributed by atoms with Crippen LogP contribution in [0.3, 0.4) is 0 Å². The van der Waals surface area contributed by atoms with E-state index < -0.39 is 0 Å². The van der Waals surface area contributed by atoms with Gasteiger partial charge in [-0.25, -0.2) is 0 Å². The Morgan fingerprint density at radius 2 is 2.23 bits per heavy atom. The normalized spacial score (nSPS) is 10.5. The van der Waals surface area contributed by atoms with Gasteiger partial charge in [0.25, 0.3) is 5.91 Å². The van der Waals surface area contributed by atoms with Crippen LogP contribution < -0.4 is 10.2 Å². The molecule has 0 aliphatic rings. The molecule has 7 heteroatoms. The van der Waals surface area contributed by atoms with Crippen molar-refractivity contribution in [3.8, 4) is 0 Å². The molecule has 0 aliphatic carbocycles. The van der Waals surface area contributed by atoms with Crippen molar-refractivity contribution in [1.82, 2.24) is 20.1 Å². The number of hydrogen-bond donors (Lipinski definition) is 2. The third-order valence-corrected chi connectivity index (χ3v) is 3.71. The molecule has 2 rings (SSSR count). The number of amides is 1. The Bertz CT molecular complexity index is 704. The zero-order valence-corrected chi connectivity index (χ0v) is 13.9. The van der Waals surface area contributed by atoms with E-state index >= 15 is 0 Å². The van der Waals surface area contributed by atoms with Gasteiger partial charge >= 0.3 is 0 Å². The van der Waals surface area contributed by atoms with Gasteiger partial charge in [0.05, 0.1) is 0 Å². The van der Waals surface area contributed by atoms with E-state index in [2.05, 4.69) is 15.5 Å². The summed E-state index contributed by atoms with van der Waals surface area (Å²) in [7, 11) is 3.90. The van der Waals surface area contributed by atoms with Crippen LogP contribution in [-0.4, -0.2) is 41.3 Å². The van der Waals surface area contributed by atoms with E-state index in [4.69, 9.17) is 12.2 Å². The Hall–Kier alpha value is -2.15. The molecule has 1 amide bonds. The minimum Gasteiger partial charge on any atom is -0.378 e. The fourth-order valence-electron chi connectivity index (χ4n) is 2.16. The number of carbonyl (C=O) groups excluding carboxylic acids is 1. The quantitative estimate of drug-likeness (QED) is 0.799. The molecular formula is C15H21N5OS. The average Bonchev–Trinajstić information content (AvgIpc) is 2.87. The van der Waals surface area contributed by atoms with Crippen LogP contribution in [0.4, 0.5) is 5.69 Å². The fraction of sp³-hybridized carbons (Fsp3) is 0.400. The zero-order chi connectivity index (χ0) is 16.1. The van der Waals surface area contributed by atoms with E-state index in [0.717, 1.165) is 17.9 Å². The number of H-pyrrole nitrogens is 1. The van der Waals surface area contributed by atoms with Gasteiger partial charge in [0.15, 0.2) is 4.77 Å². The number of nitrogens with zero attached hydrogens (tertiary/aromatic N) is 3. The van der Waals surface area contributed by atoms with E-state index in [1.807, 2.05) is 54.8 Å². The summed E-state index contributed by atoms with van der Waals surface area (Å²) in [6.45, 7) is 3.14. The number of aryl methyl sites for hydroxylation is 1. The second-order valence-electron chi connectivity index (χ2n) is 5.15. The number of carbonyl (C=O) groups is 1. The van der Waals surface area contributed by atoms with Crippen LogP contribution in [0, 0.1) is 4.77 Å². The Morgan fingerprint density at radius 3 is 2.91 bits per heavy atom. The van der Waals surface area contributed by atoms with Gasteiger partial charge in [0, 0.05) is 44.9 Å². The number of aromatic amines is 1. The maximum Gasteiger partial charge on any atom is 0.251 e. The van der Waals surface area contributed by atoms with Crippen molar-refractivity contribution in [2.75, 3.05) is 25.5 Å². The molecule has 1 aromatic heterocycles. The van der Waals surface area contributed by atoms with Gasteiger partial charge in [-0.05, 0) is 30.4 Å². The molecule has 0 bridgehead atoms. The van der Waals surface area contributed by atoms with Gasteiger partial charge in [-0.1, -0.05) is 13.0 Å². The third kappa shape index (κ3) is 3.73. The third-order valence-electron chi connectivity index (χ3n) is 3.40. The highest BCUT2D eigenvalue weighted by atomic mass is 32.1. The number of anilines is 1. The maximum atomic E-state index is 12.2. The first-order valence-corrected chi connectivity index (χ1v) is 7.63. The summed E-state index contributed by atoms with van der Waals surface area (Å²) < 4.78 is 2.49. The van der Waals surface area contributed by atoms with Gasteiger partial charge in [-0.3, -0.25) is 9.89 Å². The fourth-order valence-corrected chi connectivity index (χ4v) is 2.40. The van der Waals surface area contributed by atoms with Crippen LogP contribution in [-0.2, 0) is 13.0 Å². The predicted octanol–water partition coefficient (Wildman–Crippen LogP) is 2.00. The lowest BCUT2D eigenvalue weighted by molar-refractivity contribution is 0.0952. The maximum absolute atomic E-state index is 12.2. The van der Waals surface area contributed by atoms with Gasteiger partial charge in [0.2, 0.25) is 0 Å². The molecule has 0 atom stereocenters. The van der Waals surface area contributed by atoms with E-state index in [1.165, 1.54) is 0 Å². The number of hydrogen-bond acceptors (Lipinski definition) is 4. The predicted molar refractivity (Wildman–Crippen MR) is 89.9 cm³/mol. The number of rotatable bonds is 6. The van der Waals surface area contributed by atoms with E-state index in [1.54, 1.807) is 0 Å². The summed E-state index contributed by atoms with van der Waals surface area (Å²) in [5.41, 5.74) is 1.65. The zero-order valence-electron chi connectivity index (χ0n) is 13.1. The van der Waals surface area contributed by atoms with Crippen molar-refractivity contribution in [2.24, 2.45) is 0 Å². The van der Waals surface area contributed by atoms with Crippen molar-refractivity contribution in [3.05, 3.63) is 40.4 Å². The minimum absolute atomic E-state index is 0.0863. The highest BCUT2D eigenvalue weighted by Gasteiger charge is 2.08. The van der Waals surface area contributed by atoms with Gasteiger partial charge in [-0.2, -0.15) is 5.10 Å². The summed E-state index contributed by atoms with van der Waals surface area (Å²) in [6.07, 6.45) is 0.798. The summed E-state index contributed by atoms with van der Waals surface area (Å²) in [5.74, 6) is 0.811. The smallest absolute Gasteiger partial charge is 0.251 e. The summed E-state index contributed by atoms with van der Waals surface area (Å²) >= 11 is 5.18. The Kier molecular flexibility index (Phi) is 5.32. The summed E-state index contributed by atoms with van der Waals surface area (Å²) in [6, 6.07) is 7.53. The Labute approximate surface area is 135 Å². The molecule has 0 unspecified atom stereocenters. The molecule has 2 aromatic rings. The van der Waals surface area contributed by atoms with Gasteiger partial charge in [0.1, 0.15) is 5.82 Å². The Morgan fingerprint density at radius 1 is 1.45 bits per heavy atom. The monoisotopic (exact) mass is 319 g/mol. The molecule has 0 spiro atoms. The number of nitrogens with one attached hydrogen (secondary N) is 2. The molecular weight excluding hydrogens is 298 g/mol. The van der Waals surface area contributed by atoms with Crippen LogP contribution in [0.15, 0.2) is 24.3 Å². The van der Waals surface area contributed by atoms with Gasteiger partial charge < -0.3 is 14.8 Å². The minimum atomic E-state index is -0.0863. The largest absolute Gasteiger partial charge is 0.378 e. The van der Waals surface area contributed by atoms with Crippen molar-refractivity contribution in [2.45, 2.75) is 19.9 Å². The number of benzene rings is 1. The lowest BCUT2D eigenvalue weighted by Gasteiger charge is -2.13. The molecule has 0 radical (unpaired) electrons. The van der Waals surface area contributed by atoms with Gasteiger partial charge in [-0.15, -0.1) is 0 Å². The lowest BCUT2D eigenvalue weighted by atomic mass is 10.2. The van der Waals surface area contributed by atoms with E-state index in [-0.39, 0.29) is 5.91 Å². The molecule has 0 saturated carbocycles. The van der Waals surface area contributed by atoms with Crippen LogP contribution in [0.2, 0.25) is 0 Å². The molecule has 1 heterocycles. The molecule has 1 aromatic carbocycles. The molecule has 0 saturated heterocycles. The van der Waals surface area contributed by atoms with Crippen LogP contribution in [0.1, 0.15) is 23.1 Å². The van der Waals surface area contributed by atoms with Crippen LogP contribution in [0.5, 0.6) is 0 Å². The molecule has 2 N–H and O–H groups in total. The van der Waals surface area contributed by atoms with Crippen LogP contribution >= 0.6 is 12.2 Å². The SMILES string of the molecule is CCc1n[nH]c(=S)n1CCNC(=O)c1cccc(N(C)C)c1. The average molecular weight is 319 g/mol. The first kappa shape index (κ1) is 16.2. The molecule has 6 nitrogen and oxygen atoms in total. The number of aromatic nitrogens is 3. The van der Waals surface area contributed by atoms with Crippen LogP contribution in [0.25, 0.3) is 0 Å². The highest BCUT2D eigenvalue weighted by molar-refractivity contribution is 7.71. The lowest BCUT2D eigenvalue weighted by Crippen LogP contribution is -2.28.